The number of nitrogens with zero attached hydrogens (tertiary/aromatic N) is 2. The van der Waals surface area contributed by atoms with Crippen LogP contribution in [-0.2, 0) is 0 Å². The fourth-order valence-corrected chi connectivity index (χ4v) is 2.05. The molecule has 2 bridgehead atoms. The molecule has 0 saturated carbocycles. The molecule has 0 aromatic rings. The van der Waals surface area contributed by atoms with Crippen LogP contribution in [0.25, 0.3) is 0 Å². The average molecular weight is 169 g/mol. The molecule has 12 heavy (non-hydrogen) atoms. The molecule has 2 rings (SSSR count). The number of carbonyl (C=O) groups is 1. The minimum Gasteiger partial charge on any atom is -0.331 e. The van der Waals surface area contributed by atoms with E-state index in [0.717, 1.165) is 19.5 Å². The number of carbonyl (C=O) groups excluding carboxylic acids is 1. The first-order valence-electron chi connectivity index (χ1n) is 4.40. The Morgan fingerprint density at radius 3 is 2.75 bits per heavy atom. The van der Waals surface area contributed by atoms with Crippen LogP contribution in [0.2, 0.25) is 0 Å². The molecule has 4 heteroatoms. The van der Waals surface area contributed by atoms with E-state index in [0.29, 0.717) is 12.1 Å². The van der Waals surface area contributed by atoms with E-state index in [2.05, 4.69) is 5.32 Å². The van der Waals surface area contributed by atoms with Crippen molar-refractivity contribution >= 4 is 6.03 Å². The summed E-state index contributed by atoms with van der Waals surface area (Å²) < 4.78 is 0. The molecule has 2 fully saturated rings. The molecular weight excluding hydrogens is 154 g/mol. The zero-order valence-electron chi connectivity index (χ0n) is 7.58. The fourth-order valence-electron chi connectivity index (χ4n) is 2.05. The number of nitrogens with one attached hydrogen (secondary N) is 1. The van der Waals surface area contributed by atoms with Crippen molar-refractivity contribution in [3.63, 3.8) is 0 Å². The lowest BCUT2D eigenvalue weighted by atomic mass is 10.2. The summed E-state index contributed by atoms with van der Waals surface area (Å²) in [6, 6.07) is 1.16. The summed E-state index contributed by atoms with van der Waals surface area (Å²) in [5.74, 6) is 0. The van der Waals surface area contributed by atoms with E-state index in [-0.39, 0.29) is 6.03 Å². The second-order valence-electron chi connectivity index (χ2n) is 3.82. The third-order valence-corrected chi connectivity index (χ3v) is 2.68. The van der Waals surface area contributed by atoms with Crippen LogP contribution >= 0.6 is 0 Å². The quantitative estimate of drug-likeness (QED) is 0.541. The molecule has 2 aliphatic heterocycles. The lowest BCUT2D eigenvalue weighted by Crippen LogP contribution is -2.49. The molecule has 1 N–H and O–H groups in total. The zero-order chi connectivity index (χ0) is 8.72. The fraction of sp³-hybridized carbons (Fsp3) is 0.875. The van der Waals surface area contributed by atoms with Gasteiger partial charge in [-0.15, -0.1) is 0 Å². The monoisotopic (exact) mass is 169 g/mol. The number of hydrogen-bond donors (Lipinski definition) is 1. The SMILES string of the molecule is CN(C)C(=O)N1CC2CC1CN2. The maximum Gasteiger partial charge on any atom is 0.319 e. The van der Waals surface area contributed by atoms with Gasteiger partial charge < -0.3 is 15.1 Å². The Balaban J connectivity index is 2.02. The van der Waals surface area contributed by atoms with Gasteiger partial charge in [-0.3, -0.25) is 0 Å². The molecule has 2 aliphatic rings. The van der Waals surface area contributed by atoms with Crippen molar-refractivity contribution < 1.29 is 4.79 Å². The van der Waals surface area contributed by atoms with Crippen LogP contribution in [0.5, 0.6) is 0 Å². The highest BCUT2D eigenvalue weighted by Gasteiger charge is 2.40. The summed E-state index contributed by atoms with van der Waals surface area (Å²) in [5, 5.41) is 3.37. The molecule has 2 atom stereocenters. The number of amides is 2. The first-order chi connectivity index (χ1) is 5.68. The Kier molecular flexibility index (Phi) is 1.72. The largest absolute Gasteiger partial charge is 0.331 e. The van der Waals surface area contributed by atoms with Crippen LogP contribution in [0.3, 0.4) is 0 Å². The number of fused-ring (bicyclic) bond motifs is 2. The van der Waals surface area contributed by atoms with Crippen LogP contribution in [0, 0.1) is 0 Å². The Labute approximate surface area is 72.5 Å². The third kappa shape index (κ3) is 1.06. The van der Waals surface area contributed by atoms with Crippen LogP contribution in [0.1, 0.15) is 6.42 Å². The lowest BCUT2D eigenvalue weighted by molar-refractivity contribution is 0.159. The van der Waals surface area contributed by atoms with E-state index >= 15 is 0 Å². The van der Waals surface area contributed by atoms with E-state index < -0.39 is 0 Å². The predicted molar refractivity (Wildman–Crippen MR) is 46.0 cm³/mol. The zero-order valence-corrected chi connectivity index (χ0v) is 7.58. The lowest BCUT2D eigenvalue weighted by Gasteiger charge is -2.29. The minimum atomic E-state index is 0.156. The Morgan fingerprint density at radius 1 is 1.58 bits per heavy atom. The second kappa shape index (κ2) is 2.62. The van der Waals surface area contributed by atoms with E-state index in [1.807, 2.05) is 19.0 Å². The van der Waals surface area contributed by atoms with Crippen LogP contribution in [0.15, 0.2) is 0 Å². The van der Waals surface area contributed by atoms with Crippen molar-refractivity contribution in [1.29, 1.82) is 0 Å². The van der Waals surface area contributed by atoms with Crippen molar-refractivity contribution in [2.75, 3.05) is 27.2 Å². The van der Waals surface area contributed by atoms with Gasteiger partial charge in [-0.25, -0.2) is 4.79 Å². The van der Waals surface area contributed by atoms with Gasteiger partial charge in [0.1, 0.15) is 0 Å². The van der Waals surface area contributed by atoms with E-state index in [9.17, 15) is 4.79 Å². The van der Waals surface area contributed by atoms with Gasteiger partial charge in [0.2, 0.25) is 0 Å². The van der Waals surface area contributed by atoms with Gasteiger partial charge in [0.25, 0.3) is 0 Å². The maximum atomic E-state index is 11.6. The molecule has 2 amide bonds. The van der Waals surface area contributed by atoms with Crippen molar-refractivity contribution in [1.82, 2.24) is 15.1 Å². The minimum absolute atomic E-state index is 0.156. The van der Waals surface area contributed by atoms with Crippen molar-refractivity contribution in [2.24, 2.45) is 0 Å². The molecule has 2 saturated heterocycles. The van der Waals surface area contributed by atoms with Crippen LogP contribution < -0.4 is 5.32 Å². The second-order valence-corrected chi connectivity index (χ2v) is 3.82. The Hall–Kier alpha value is -0.770. The van der Waals surface area contributed by atoms with Gasteiger partial charge >= 0.3 is 6.03 Å². The van der Waals surface area contributed by atoms with Crippen molar-refractivity contribution in [3.8, 4) is 0 Å². The highest BCUT2D eigenvalue weighted by Crippen LogP contribution is 2.23. The third-order valence-electron chi connectivity index (χ3n) is 2.68. The van der Waals surface area contributed by atoms with E-state index in [1.54, 1.807) is 4.90 Å². The van der Waals surface area contributed by atoms with Gasteiger partial charge in [-0.05, 0) is 6.42 Å². The molecular formula is C8H15N3O. The predicted octanol–water partition coefficient (Wildman–Crippen LogP) is -0.286. The molecule has 0 radical (unpaired) electrons. The number of hydrogen-bond acceptors (Lipinski definition) is 2. The standard InChI is InChI=1S/C8H15N3O/c1-10(2)8(12)11-5-6-3-7(11)4-9-6/h6-7,9H,3-5H2,1-2H3. The Bertz CT molecular complexity index is 204. The molecule has 4 nitrogen and oxygen atoms in total. The van der Waals surface area contributed by atoms with Gasteiger partial charge in [-0.1, -0.05) is 0 Å². The molecule has 0 aromatic carbocycles. The van der Waals surface area contributed by atoms with Gasteiger partial charge in [0, 0.05) is 39.3 Å². The highest BCUT2D eigenvalue weighted by atomic mass is 16.2. The average Bonchev–Trinajstić information content (AvgIpc) is 2.62. The number of piperazine rings is 1. The molecule has 0 aromatic heterocycles. The topological polar surface area (TPSA) is 35.6 Å². The number of rotatable bonds is 0. The molecule has 2 heterocycles. The van der Waals surface area contributed by atoms with E-state index in [4.69, 9.17) is 0 Å². The molecule has 2 unspecified atom stereocenters. The molecule has 0 spiro atoms. The first-order valence-corrected chi connectivity index (χ1v) is 4.40. The van der Waals surface area contributed by atoms with Gasteiger partial charge in [-0.2, -0.15) is 0 Å². The summed E-state index contributed by atoms with van der Waals surface area (Å²) in [6.45, 7) is 1.87. The molecule has 68 valence electrons. The van der Waals surface area contributed by atoms with Crippen LogP contribution in [0.4, 0.5) is 4.79 Å². The summed E-state index contributed by atoms with van der Waals surface area (Å²) in [6.07, 6.45) is 1.14. The maximum absolute atomic E-state index is 11.6. The van der Waals surface area contributed by atoms with E-state index in [1.165, 1.54) is 0 Å². The smallest absolute Gasteiger partial charge is 0.319 e. The van der Waals surface area contributed by atoms with Crippen molar-refractivity contribution in [2.45, 2.75) is 18.5 Å². The first kappa shape index (κ1) is 7.86. The molecule has 0 aliphatic carbocycles. The number of likely N-dealkylation sites (tertiary alicyclic amines) is 1. The van der Waals surface area contributed by atoms with Crippen LogP contribution in [-0.4, -0.2) is 55.1 Å². The van der Waals surface area contributed by atoms with Crippen molar-refractivity contribution in [3.05, 3.63) is 0 Å². The summed E-state index contributed by atoms with van der Waals surface area (Å²) in [5.41, 5.74) is 0. The number of urea groups is 1. The summed E-state index contributed by atoms with van der Waals surface area (Å²) in [7, 11) is 3.61. The summed E-state index contributed by atoms with van der Waals surface area (Å²) >= 11 is 0. The highest BCUT2D eigenvalue weighted by molar-refractivity contribution is 5.74. The van der Waals surface area contributed by atoms with Gasteiger partial charge in [0.15, 0.2) is 0 Å². The summed E-state index contributed by atoms with van der Waals surface area (Å²) in [4.78, 5) is 15.2. The Morgan fingerprint density at radius 2 is 2.33 bits per heavy atom. The normalized spacial score (nSPS) is 32.7. The van der Waals surface area contributed by atoms with Gasteiger partial charge in [0.05, 0.1) is 0 Å².